The number of esters is 1. The van der Waals surface area contributed by atoms with Crippen molar-refractivity contribution >= 4 is 5.97 Å². The van der Waals surface area contributed by atoms with Gasteiger partial charge >= 0.3 is 5.97 Å². The second-order valence-electron chi connectivity index (χ2n) is 3.34. The lowest BCUT2D eigenvalue weighted by molar-refractivity contribution is -0.142. The molecule has 0 amide bonds. The van der Waals surface area contributed by atoms with Crippen LogP contribution in [0.15, 0.2) is 30.3 Å². The smallest absolute Gasteiger partial charge is 0.322 e. The van der Waals surface area contributed by atoms with Gasteiger partial charge in [-0.1, -0.05) is 30.0 Å². The third kappa shape index (κ3) is 4.16. The van der Waals surface area contributed by atoms with Crippen molar-refractivity contribution in [3.8, 4) is 11.8 Å². The van der Waals surface area contributed by atoms with Crippen LogP contribution in [0.5, 0.6) is 0 Å². The fraction of sp³-hybridized carbons (Fsp3) is 0.308. The molecule has 0 aromatic heterocycles. The highest BCUT2D eigenvalue weighted by Gasteiger charge is 2.11. The van der Waals surface area contributed by atoms with Gasteiger partial charge in [0.1, 0.15) is 6.04 Å². The average molecular weight is 217 g/mol. The normalized spacial score (nSPS) is 11.1. The van der Waals surface area contributed by atoms with Crippen molar-refractivity contribution in [3.05, 3.63) is 35.9 Å². The summed E-state index contributed by atoms with van der Waals surface area (Å²) in [7, 11) is 1.33. The Kier molecular flexibility index (Phi) is 5.10. The topological polar surface area (TPSA) is 52.3 Å². The van der Waals surface area contributed by atoms with Crippen molar-refractivity contribution in [2.24, 2.45) is 5.73 Å². The summed E-state index contributed by atoms with van der Waals surface area (Å²) in [4.78, 5) is 11.0. The second-order valence-corrected chi connectivity index (χ2v) is 3.34. The van der Waals surface area contributed by atoms with Gasteiger partial charge in [-0.3, -0.25) is 4.79 Å². The Morgan fingerprint density at radius 1 is 1.44 bits per heavy atom. The fourth-order valence-electron chi connectivity index (χ4n) is 1.18. The summed E-state index contributed by atoms with van der Waals surface area (Å²) in [6.07, 6.45) is 1.11. The lowest BCUT2D eigenvalue weighted by Gasteiger charge is -2.05. The molecule has 0 unspecified atom stereocenters. The molecule has 0 aliphatic rings. The second kappa shape index (κ2) is 6.65. The van der Waals surface area contributed by atoms with E-state index in [0.29, 0.717) is 12.8 Å². The van der Waals surface area contributed by atoms with Crippen LogP contribution < -0.4 is 5.73 Å². The molecule has 0 radical (unpaired) electrons. The summed E-state index contributed by atoms with van der Waals surface area (Å²) in [5.74, 6) is 5.59. The summed E-state index contributed by atoms with van der Waals surface area (Å²) in [6.45, 7) is 0. The molecule has 0 bridgehead atoms. The highest BCUT2D eigenvalue weighted by molar-refractivity contribution is 5.75. The van der Waals surface area contributed by atoms with Crippen LogP contribution in [0.2, 0.25) is 0 Å². The summed E-state index contributed by atoms with van der Waals surface area (Å²) in [5.41, 5.74) is 6.53. The summed E-state index contributed by atoms with van der Waals surface area (Å²) >= 11 is 0. The van der Waals surface area contributed by atoms with Gasteiger partial charge < -0.3 is 10.5 Å². The lowest BCUT2D eigenvalue weighted by atomic mass is 10.1. The number of rotatable bonds is 3. The highest BCUT2D eigenvalue weighted by atomic mass is 16.5. The van der Waals surface area contributed by atoms with Gasteiger partial charge in [0, 0.05) is 12.0 Å². The van der Waals surface area contributed by atoms with Gasteiger partial charge in [0.25, 0.3) is 0 Å². The molecule has 0 heterocycles. The molecule has 0 aliphatic heterocycles. The first kappa shape index (κ1) is 12.3. The summed E-state index contributed by atoms with van der Waals surface area (Å²) in [6, 6.07) is 9.11. The van der Waals surface area contributed by atoms with Crippen LogP contribution >= 0.6 is 0 Å². The molecule has 0 aliphatic carbocycles. The fourth-order valence-corrected chi connectivity index (χ4v) is 1.18. The molecule has 3 heteroatoms. The number of nitrogens with two attached hydrogens (primary N) is 1. The van der Waals surface area contributed by atoms with Gasteiger partial charge in [0.05, 0.1) is 7.11 Å². The Balaban J connectivity index is 2.36. The molecule has 1 rings (SSSR count). The molecule has 0 saturated carbocycles. The predicted molar refractivity (Wildman–Crippen MR) is 62.5 cm³/mol. The van der Waals surface area contributed by atoms with Crippen molar-refractivity contribution in [3.63, 3.8) is 0 Å². The first-order chi connectivity index (χ1) is 7.74. The van der Waals surface area contributed by atoms with Gasteiger partial charge in [0.15, 0.2) is 0 Å². The van der Waals surface area contributed by atoms with Crippen LogP contribution in [0.4, 0.5) is 0 Å². The Morgan fingerprint density at radius 2 is 2.12 bits per heavy atom. The highest BCUT2D eigenvalue weighted by Crippen LogP contribution is 1.98. The number of methoxy groups -OCH3 is 1. The monoisotopic (exact) mass is 217 g/mol. The molecule has 3 nitrogen and oxygen atoms in total. The Hall–Kier alpha value is -1.79. The number of hydrogen-bond donors (Lipinski definition) is 1. The van der Waals surface area contributed by atoms with Crippen LogP contribution in [-0.2, 0) is 9.53 Å². The quantitative estimate of drug-likeness (QED) is 0.613. The van der Waals surface area contributed by atoms with E-state index in [9.17, 15) is 4.79 Å². The molecule has 0 fully saturated rings. The van der Waals surface area contributed by atoms with E-state index in [1.165, 1.54) is 7.11 Å². The zero-order valence-corrected chi connectivity index (χ0v) is 9.27. The van der Waals surface area contributed by atoms with Crippen LogP contribution in [-0.4, -0.2) is 19.1 Å². The third-order valence-electron chi connectivity index (χ3n) is 2.09. The molecule has 84 valence electrons. The van der Waals surface area contributed by atoms with Crippen molar-refractivity contribution in [1.29, 1.82) is 0 Å². The zero-order chi connectivity index (χ0) is 11.8. The summed E-state index contributed by atoms with van der Waals surface area (Å²) in [5, 5.41) is 0. The SMILES string of the molecule is COC(=O)[C@@H](N)CCC#Cc1ccccc1. The number of carbonyl (C=O) groups is 1. The minimum Gasteiger partial charge on any atom is -0.468 e. The van der Waals surface area contributed by atoms with Crippen molar-refractivity contribution in [1.82, 2.24) is 0 Å². The lowest BCUT2D eigenvalue weighted by Crippen LogP contribution is -2.31. The maximum atomic E-state index is 11.0. The number of benzene rings is 1. The minimum atomic E-state index is -0.574. The molecule has 1 aromatic carbocycles. The minimum absolute atomic E-state index is 0.387. The average Bonchev–Trinajstić information content (AvgIpc) is 2.34. The first-order valence-corrected chi connectivity index (χ1v) is 5.11. The molecule has 16 heavy (non-hydrogen) atoms. The standard InChI is InChI=1S/C13H15NO2/c1-16-13(15)12(14)10-6-5-9-11-7-3-2-4-8-11/h2-4,7-8,12H,6,10,14H2,1H3/t12-/m0/s1. The maximum Gasteiger partial charge on any atom is 0.322 e. The molecular formula is C13H15NO2. The van der Waals surface area contributed by atoms with Crippen LogP contribution in [0, 0.1) is 11.8 Å². The van der Waals surface area contributed by atoms with E-state index in [1.54, 1.807) is 0 Å². The van der Waals surface area contributed by atoms with Gasteiger partial charge in [-0.2, -0.15) is 0 Å². The Bertz CT molecular complexity index is 389. The van der Waals surface area contributed by atoms with Gasteiger partial charge in [-0.25, -0.2) is 0 Å². The van der Waals surface area contributed by atoms with E-state index in [0.717, 1.165) is 5.56 Å². The van der Waals surface area contributed by atoms with E-state index in [2.05, 4.69) is 16.6 Å². The van der Waals surface area contributed by atoms with Crippen molar-refractivity contribution in [2.45, 2.75) is 18.9 Å². The van der Waals surface area contributed by atoms with E-state index in [4.69, 9.17) is 5.73 Å². The van der Waals surface area contributed by atoms with Crippen molar-refractivity contribution in [2.75, 3.05) is 7.11 Å². The first-order valence-electron chi connectivity index (χ1n) is 5.11. The van der Waals surface area contributed by atoms with E-state index >= 15 is 0 Å². The molecule has 0 saturated heterocycles. The Morgan fingerprint density at radius 3 is 2.75 bits per heavy atom. The number of carbonyl (C=O) groups excluding carboxylic acids is 1. The number of ether oxygens (including phenoxy) is 1. The van der Waals surface area contributed by atoms with E-state index in [1.807, 2.05) is 30.3 Å². The predicted octanol–water partition coefficient (Wildman–Crippen LogP) is 1.32. The van der Waals surface area contributed by atoms with Crippen LogP contribution in [0.1, 0.15) is 18.4 Å². The molecule has 2 N–H and O–H groups in total. The van der Waals surface area contributed by atoms with Gasteiger partial charge in [-0.05, 0) is 18.6 Å². The molecule has 1 atom stereocenters. The van der Waals surface area contributed by atoms with Crippen molar-refractivity contribution < 1.29 is 9.53 Å². The maximum absolute atomic E-state index is 11.0. The molecular weight excluding hydrogens is 202 g/mol. The summed E-state index contributed by atoms with van der Waals surface area (Å²) < 4.78 is 4.52. The van der Waals surface area contributed by atoms with Gasteiger partial charge in [-0.15, -0.1) is 0 Å². The van der Waals surface area contributed by atoms with Crippen LogP contribution in [0.25, 0.3) is 0 Å². The largest absolute Gasteiger partial charge is 0.468 e. The molecule has 1 aromatic rings. The Labute approximate surface area is 95.6 Å². The number of hydrogen-bond acceptors (Lipinski definition) is 3. The van der Waals surface area contributed by atoms with Crippen LogP contribution in [0.3, 0.4) is 0 Å². The molecule has 0 spiro atoms. The van der Waals surface area contributed by atoms with E-state index in [-0.39, 0.29) is 5.97 Å². The zero-order valence-electron chi connectivity index (χ0n) is 9.27. The van der Waals surface area contributed by atoms with Gasteiger partial charge in [0.2, 0.25) is 0 Å². The third-order valence-corrected chi connectivity index (χ3v) is 2.09. The van der Waals surface area contributed by atoms with E-state index < -0.39 is 6.04 Å².